The Kier molecular flexibility index (Phi) is 6.91. The predicted molar refractivity (Wildman–Crippen MR) is 121 cm³/mol. The molecule has 28 heavy (non-hydrogen) atoms. The SMILES string of the molecule is C.CC1=CC2C=NN(C(C)C)C2N=C1C.CC1=NC2C(C=N1)C=NN2C(C)C. The Morgan fingerprint density at radius 1 is 0.786 bits per heavy atom. The second-order valence-electron chi connectivity index (χ2n) is 7.98. The number of hydrogen-bond acceptors (Lipinski definition) is 7. The summed E-state index contributed by atoms with van der Waals surface area (Å²) in [5.41, 5.74) is 2.42. The van der Waals surface area contributed by atoms with Crippen LogP contribution in [0.15, 0.2) is 36.8 Å². The van der Waals surface area contributed by atoms with Crippen molar-refractivity contribution in [3.05, 3.63) is 11.6 Å². The molecule has 4 unspecified atom stereocenters. The zero-order chi connectivity index (χ0) is 19.7. The summed E-state index contributed by atoms with van der Waals surface area (Å²) in [7, 11) is 0. The van der Waals surface area contributed by atoms with E-state index < -0.39 is 0 Å². The Balaban J connectivity index is 0.000000194. The average molecular weight is 386 g/mol. The zero-order valence-corrected chi connectivity index (χ0v) is 17.4. The molecule has 0 spiro atoms. The molecule has 0 bridgehead atoms. The van der Waals surface area contributed by atoms with Crippen LogP contribution in [-0.4, -0.2) is 64.6 Å². The van der Waals surface area contributed by atoms with Crippen molar-refractivity contribution in [3.63, 3.8) is 0 Å². The monoisotopic (exact) mass is 385 g/mol. The van der Waals surface area contributed by atoms with E-state index >= 15 is 0 Å². The van der Waals surface area contributed by atoms with Crippen molar-refractivity contribution in [2.75, 3.05) is 0 Å². The van der Waals surface area contributed by atoms with Gasteiger partial charge in [-0.05, 0) is 54.0 Å². The molecule has 4 rings (SSSR count). The number of aliphatic imine (C=N–C) groups is 3. The molecule has 4 heterocycles. The van der Waals surface area contributed by atoms with Crippen molar-refractivity contribution in [3.8, 4) is 0 Å². The van der Waals surface area contributed by atoms with E-state index in [9.17, 15) is 0 Å². The number of amidine groups is 1. The summed E-state index contributed by atoms with van der Waals surface area (Å²) in [6.07, 6.45) is 8.47. The molecule has 7 heteroatoms. The van der Waals surface area contributed by atoms with Crippen molar-refractivity contribution >= 4 is 30.2 Å². The van der Waals surface area contributed by atoms with Gasteiger partial charge in [0.1, 0.15) is 12.0 Å². The maximum absolute atomic E-state index is 4.68. The number of hydrogen-bond donors (Lipinski definition) is 0. The summed E-state index contributed by atoms with van der Waals surface area (Å²) in [6.45, 7) is 14.6. The van der Waals surface area contributed by atoms with Gasteiger partial charge in [0.2, 0.25) is 0 Å². The minimum atomic E-state index is 0. The molecule has 0 saturated heterocycles. The summed E-state index contributed by atoms with van der Waals surface area (Å²) >= 11 is 0. The van der Waals surface area contributed by atoms with Gasteiger partial charge >= 0.3 is 0 Å². The molecule has 0 amide bonds. The molecule has 4 aliphatic rings. The molecule has 0 aromatic carbocycles. The molecule has 154 valence electrons. The normalized spacial score (nSPS) is 29.7. The summed E-state index contributed by atoms with van der Waals surface area (Å²) in [6, 6.07) is 0.818. The average Bonchev–Trinajstić information content (AvgIpc) is 3.19. The number of rotatable bonds is 2. The standard InChI is InChI=1S/C11H17N3.C9H14N4.CH4/c1-7(2)14-11-10(6-12-14)5-8(3)9(4)13-11;1-6(2)13-9-8(5-11-13)4-10-7(3)12-9;/h5-7,10-11H,1-4H3;4-6,8-9H,1-3H3;1H4. The number of allylic oxidation sites excluding steroid dienone is 1. The predicted octanol–water partition coefficient (Wildman–Crippen LogP) is 3.84. The second kappa shape index (κ2) is 8.80. The first-order valence-corrected chi connectivity index (χ1v) is 9.74. The van der Waals surface area contributed by atoms with Crippen LogP contribution in [-0.2, 0) is 0 Å². The van der Waals surface area contributed by atoms with Gasteiger partial charge in [0, 0.05) is 36.4 Å². The molecular formula is C21H35N7. The first kappa shape index (κ1) is 22.0. The van der Waals surface area contributed by atoms with Gasteiger partial charge in [-0.2, -0.15) is 10.2 Å². The molecule has 0 N–H and O–H groups in total. The van der Waals surface area contributed by atoms with E-state index in [-0.39, 0.29) is 25.7 Å². The highest BCUT2D eigenvalue weighted by atomic mass is 15.5. The highest BCUT2D eigenvalue weighted by molar-refractivity contribution is 5.99. The largest absolute Gasteiger partial charge is 0.270 e. The van der Waals surface area contributed by atoms with E-state index in [0.29, 0.717) is 18.0 Å². The van der Waals surface area contributed by atoms with Crippen LogP contribution >= 0.6 is 0 Å². The van der Waals surface area contributed by atoms with Gasteiger partial charge < -0.3 is 0 Å². The minimum Gasteiger partial charge on any atom is -0.270 e. The van der Waals surface area contributed by atoms with Gasteiger partial charge in [0.15, 0.2) is 6.17 Å². The lowest BCUT2D eigenvalue weighted by Gasteiger charge is -2.29. The number of nitrogens with zero attached hydrogens (tertiary/aromatic N) is 7. The van der Waals surface area contributed by atoms with Gasteiger partial charge in [-0.15, -0.1) is 0 Å². The fourth-order valence-electron chi connectivity index (χ4n) is 3.49. The Labute approximate surface area is 169 Å². The highest BCUT2D eigenvalue weighted by Crippen LogP contribution is 2.27. The minimum absolute atomic E-state index is 0. The van der Waals surface area contributed by atoms with Crippen LogP contribution in [0, 0.1) is 11.8 Å². The summed E-state index contributed by atoms with van der Waals surface area (Å²) in [4.78, 5) is 13.3. The molecule has 0 saturated carbocycles. The summed E-state index contributed by atoms with van der Waals surface area (Å²) in [5, 5.41) is 12.8. The molecule has 4 aliphatic heterocycles. The molecule has 0 aromatic heterocycles. The van der Waals surface area contributed by atoms with Crippen LogP contribution < -0.4 is 0 Å². The van der Waals surface area contributed by atoms with Crippen LogP contribution in [0.4, 0.5) is 0 Å². The molecule has 0 radical (unpaired) electrons. The van der Waals surface area contributed by atoms with Gasteiger partial charge in [-0.25, -0.2) is 9.98 Å². The van der Waals surface area contributed by atoms with Crippen molar-refractivity contribution < 1.29 is 0 Å². The van der Waals surface area contributed by atoms with E-state index in [2.05, 4.69) is 77.8 Å². The van der Waals surface area contributed by atoms with Gasteiger partial charge in [0.25, 0.3) is 0 Å². The van der Waals surface area contributed by atoms with Crippen molar-refractivity contribution in [2.45, 2.75) is 80.3 Å². The summed E-state index contributed by atoms with van der Waals surface area (Å²) in [5.74, 6) is 1.49. The van der Waals surface area contributed by atoms with Crippen molar-refractivity contribution in [2.24, 2.45) is 37.0 Å². The number of hydrazone groups is 2. The topological polar surface area (TPSA) is 68.3 Å². The second-order valence-corrected chi connectivity index (χ2v) is 7.98. The maximum Gasteiger partial charge on any atom is 0.152 e. The van der Waals surface area contributed by atoms with E-state index in [0.717, 1.165) is 11.5 Å². The highest BCUT2D eigenvalue weighted by Gasteiger charge is 2.33. The Bertz CT molecular complexity index is 742. The molecule has 4 atom stereocenters. The van der Waals surface area contributed by atoms with Gasteiger partial charge in [0.05, 0.1) is 11.8 Å². The fraction of sp³-hybridized carbons (Fsp3) is 0.667. The van der Waals surface area contributed by atoms with E-state index in [1.807, 2.05) is 30.6 Å². The molecule has 0 aromatic rings. The lowest BCUT2D eigenvalue weighted by Crippen LogP contribution is -2.37. The van der Waals surface area contributed by atoms with E-state index in [4.69, 9.17) is 0 Å². The first-order chi connectivity index (χ1) is 12.8. The zero-order valence-electron chi connectivity index (χ0n) is 17.4. The van der Waals surface area contributed by atoms with Gasteiger partial charge in [-0.3, -0.25) is 15.0 Å². The first-order valence-electron chi connectivity index (χ1n) is 9.74. The molecule has 0 aliphatic carbocycles. The quantitative estimate of drug-likeness (QED) is 0.725. The Morgan fingerprint density at radius 3 is 1.89 bits per heavy atom. The molecular weight excluding hydrogens is 350 g/mol. The van der Waals surface area contributed by atoms with Crippen molar-refractivity contribution in [1.82, 2.24) is 10.0 Å². The van der Waals surface area contributed by atoms with Crippen LogP contribution in [0.5, 0.6) is 0 Å². The third-order valence-electron chi connectivity index (χ3n) is 5.12. The summed E-state index contributed by atoms with van der Waals surface area (Å²) < 4.78 is 0. The lowest BCUT2D eigenvalue weighted by atomic mass is 9.99. The third-order valence-corrected chi connectivity index (χ3v) is 5.12. The van der Waals surface area contributed by atoms with Crippen LogP contribution in [0.25, 0.3) is 0 Å². The van der Waals surface area contributed by atoms with Crippen LogP contribution in [0.2, 0.25) is 0 Å². The maximum atomic E-state index is 4.68. The lowest BCUT2D eigenvalue weighted by molar-refractivity contribution is 0.173. The molecule has 0 fully saturated rings. The van der Waals surface area contributed by atoms with Gasteiger partial charge in [-0.1, -0.05) is 13.5 Å². The number of fused-ring (bicyclic) bond motifs is 2. The van der Waals surface area contributed by atoms with Crippen LogP contribution in [0.1, 0.15) is 55.9 Å². The van der Waals surface area contributed by atoms with Crippen molar-refractivity contribution in [1.29, 1.82) is 0 Å². The third kappa shape index (κ3) is 4.39. The van der Waals surface area contributed by atoms with E-state index in [1.165, 1.54) is 5.57 Å². The van der Waals surface area contributed by atoms with Crippen LogP contribution in [0.3, 0.4) is 0 Å². The Morgan fingerprint density at radius 2 is 1.32 bits per heavy atom. The Hall–Kier alpha value is -2.31. The van der Waals surface area contributed by atoms with E-state index in [1.54, 1.807) is 0 Å². The smallest absolute Gasteiger partial charge is 0.152 e. The number of dihydropyridines is 1. The fourth-order valence-corrected chi connectivity index (χ4v) is 3.49. The molecule has 7 nitrogen and oxygen atoms in total.